The highest BCUT2D eigenvalue weighted by atomic mass is 16.4. The molecular formula is C18H19N3O2. The summed E-state index contributed by atoms with van der Waals surface area (Å²) < 4.78 is 11.3. The Hall–Kier alpha value is -2.40. The molecule has 3 heterocycles. The molecule has 4 rings (SSSR count). The van der Waals surface area contributed by atoms with Crippen LogP contribution in [0.15, 0.2) is 57.6 Å². The van der Waals surface area contributed by atoms with Gasteiger partial charge in [-0.25, -0.2) is 0 Å². The highest BCUT2D eigenvalue weighted by Gasteiger charge is 2.28. The van der Waals surface area contributed by atoms with Gasteiger partial charge in [-0.15, -0.1) is 10.2 Å². The smallest absolute Gasteiger partial charge is 0.220 e. The summed E-state index contributed by atoms with van der Waals surface area (Å²) in [6.07, 6.45) is 3.46. The number of benzene rings is 1. The van der Waals surface area contributed by atoms with Crippen molar-refractivity contribution in [3.05, 3.63) is 71.8 Å². The van der Waals surface area contributed by atoms with E-state index < -0.39 is 0 Å². The fourth-order valence-corrected chi connectivity index (χ4v) is 3.07. The van der Waals surface area contributed by atoms with Gasteiger partial charge in [0.2, 0.25) is 11.8 Å². The molecule has 23 heavy (non-hydrogen) atoms. The number of aromatic nitrogens is 2. The zero-order valence-corrected chi connectivity index (χ0v) is 12.9. The van der Waals surface area contributed by atoms with Crippen molar-refractivity contribution in [3.63, 3.8) is 0 Å². The van der Waals surface area contributed by atoms with Gasteiger partial charge in [0.15, 0.2) is 0 Å². The molecule has 1 aliphatic heterocycles. The van der Waals surface area contributed by atoms with Crippen molar-refractivity contribution in [1.82, 2.24) is 15.1 Å². The zero-order valence-electron chi connectivity index (χ0n) is 12.9. The van der Waals surface area contributed by atoms with E-state index in [2.05, 4.69) is 27.2 Å². The molecule has 1 saturated heterocycles. The molecule has 0 bridgehead atoms. The molecule has 2 aromatic heterocycles. The summed E-state index contributed by atoms with van der Waals surface area (Å²) in [5.41, 5.74) is 1.19. The van der Waals surface area contributed by atoms with Crippen LogP contribution in [0.4, 0.5) is 0 Å². The molecule has 1 aliphatic rings. The number of nitrogens with zero attached hydrogens (tertiary/aromatic N) is 3. The minimum Gasteiger partial charge on any atom is -0.468 e. The van der Waals surface area contributed by atoms with Gasteiger partial charge in [0.05, 0.1) is 25.1 Å². The van der Waals surface area contributed by atoms with E-state index in [1.807, 2.05) is 30.3 Å². The zero-order chi connectivity index (χ0) is 15.5. The Balaban J connectivity index is 1.38. The Bertz CT molecular complexity index is 737. The van der Waals surface area contributed by atoms with Crippen LogP contribution in [-0.4, -0.2) is 28.2 Å². The van der Waals surface area contributed by atoms with Crippen LogP contribution in [0.5, 0.6) is 0 Å². The van der Waals surface area contributed by atoms with Gasteiger partial charge in [-0.05, 0) is 30.7 Å². The summed E-state index contributed by atoms with van der Waals surface area (Å²) in [4.78, 5) is 2.37. The van der Waals surface area contributed by atoms with Crippen LogP contribution >= 0.6 is 0 Å². The Morgan fingerprint density at radius 1 is 1.09 bits per heavy atom. The molecule has 5 heteroatoms. The fraction of sp³-hybridized carbons (Fsp3) is 0.333. The van der Waals surface area contributed by atoms with Gasteiger partial charge in [-0.2, -0.15) is 0 Å². The average Bonchev–Trinajstić information content (AvgIpc) is 3.30. The lowest BCUT2D eigenvalue weighted by Crippen LogP contribution is -2.19. The van der Waals surface area contributed by atoms with E-state index in [4.69, 9.17) is 8.83 Å². The van der Waals surface area contributed by atoms with Gasteiger partial charge >= 0.3 is 0 Å². The Morgan fingerprint density at radius 3 is 2.83 bits per heavy atom. The van der Waals surface area contributed by atoms with Gasteiger partial charge in [-0.3, -0.25) is 4.90 Å². The molecule has 1 aromatic carbocycles. The SMILES string of the molecule is c1ccc(Cc2nnc([C@H]3CCN(Cc4ccco4)C3)o2)cc1. The predicted molar refractivity (Wildman–Crippen MR) is 84.9 cm³/mol. The summed E-state index contributed by atoms with van der Waals surface area (Å²) in [5, 5.41) is 8.46. The molecule has 0 saturated carbocycles. The maximum Gasteiger partial charge on any atom is 0.220 e. The summed E-state index contributed by atoms with van der Waals surface area (Å²) in [6, 6.07) is 14.1. The van der Waals surface area contributed by atoms with Crippen LogP contribution in [0.25, 0.3) is 0 Å². The first kappa shape index (κ1) is 14.2. The molecular weight excluding hydrogens is 290 g/mol. The molecule has 118 valence electrons. The van der Waals surface area contributed by atoms with Gasteiger partial charge in [0.1, 0.15) is 5.76 Å². The van der Waals surface area contributed by atoms with E-state index >= 15 is 0 Å². The molecule has 0 aliphatic carbocycles. The van der Waals surface area contributed by atoms with Gasteiger partial charge in [0.25, 0.3) is 0 Å². The molecule has 0 amide bonds. The van der Waals surface area contributed by atoms with Crippen molar-refractivity contribution >= 4 is 0 Å². The highest BCUT2D eigenvalue weighted by molar-refractivity contribution is 5.18. The number of hydrogen-bond donors (Lipinski definition) is 0. The molecule has 1 atom stereocenters. The van der Waals surface area contributed by atoms with Crippen LogP contribution in [0.1, 0.15) is 35.4 Å². The van der Waals surface area contributed by atoms with Crippen molar-refractivity contribution < 1.29 is 8.83 Å². The second-order valence-electron chi connectivity index (χ2n) is 6.00. The summed E-state index contributed by atoms with van der Waals surface area (Å²) >= 11 is 0. The lowest BCUT2D eigenvalue weighted by molar-refractivity contribution is 0.289. The minimum absolute atomic E-state index is 0.321. The standard InChI is InChI=1S/C18H19N3O2/c1-2-5-14(6-3-1)11-17-19-20-18(23-17)15-8-9-21(12-15)13-16-7-4-10-22-16/h1-7,10,15H,8-9,11-13H2/t15-/m0/s1. The third kappa shape index (κ3) is 3.35. The second kappa shape index (κ2) is 6.38. The monoisotopic (exact) mass is 309 g/mol. The van der Waals surface area contributed by atoms with Crippen LogP contribution in [0.2, 0.25) is 0 Å². The molecule has 5 nitrogen and oxygen atoms in total. The van der Waals surface area contributed by atoms with Crippen molar-refractivity contribution in [1.29, 1.82) is 0 Å². The third-order valence-electron chi connectivity index (χ3n) is 4.26. The Kier molecular flexibility index (Phi) is 3.94. The van der Waals surface area contributed by atoms with E-state index in [9.17, 15) is 0 Å². The molecule has 0 unspecified atom stereocenters. The first-order valence-electron chi connectivity index (χ1n) is 7.98. The number of hydrogen-bond acceptors (Lipinski definition) is 5. The Labute approximate surface area is 134 Å². The van der Waals surface area contributed by atoms with Crippen molar-refractivity contribution in [2.24, 2.45) is 0 Å². The van der Waals surface area contributed by atoms with E-state index in [-0.39, 0.29) is 0 Å². The van der Waals surface area contributed by atoms with Crippen LogP contribution in [0, 0.1) is 0 Å². The van der Waals surface area contributed by atoms with Gasteiger partial charge in [0, 0.05) is 6.54 Å². The third-order valence-corrected chi connectivity index (χ3v) is 4.26. The van der Waals surface area contributed by atoms with E-state index in [1.165, 1.54) is 5.56 Å². The van der Waals surface area contributed by atoms with Crippen LogP contribution < -0.4 is 0 Å². The summed E-state index contributed by atoms with van der Waals surface area (Å²) in [5.74, 6) is 2.77. The largest absolute Gasteiger partial charge is 0.468 e. The Morgan fingerprint density at radius 2 is 2.00 bits per heavy atom. The summed E-state index contributed by atoms with van der Waals surface area (Å²) in [7, 11) is 0. The van der Waals surface area contributed by atoms with Gasteiger partial charge in [-0.1, -0.05) is 30.3 Å². The lowest BCUT2D eigenvalue weighted by atomic mass is 10.1. The predicted octanol–water partition coefficient (Wildman–Crippen LogP) is 3.24. The fourth-order valence-electron chi connectivity index (χ4n) is 3.07. The number of likely N-dealkylation sites (tertiary alicyclic amines) is 1. The highest BCUT2D eigenvalue weighted by Crippen LogP contribution is 2.27. The van der Waals surface area contributed by atoms with E-state index in [1.54, 1.807) is 6.26 Å². The minimum atomic E-state index is 0.321. The van der Waals surface area contributed by atoms with E-state index in [0.717, 1.165) is 37.7 Å². The molecule has 0 N–H and O–H groups in total. The maximum atomic E-state index is 5.88. The normalized spacial score (nSPS) is 18.5. The second-order valence-corrected chi connectivity index (χ2v) is 6.00. The van der Waals surface area contributed by atoms with Crippen LogP contribution in [0.3, 0.4) is 0 Å². The maximum absolute atomic E-state index is 5.88. The molecule has 0 radical (unpaired) electrons. The van der Waals surface area contributed by atoms with Crippen molar-refractivity contribution in [2.45, 2.75) is 25.3 Å². The van der Waals surface area contributed by atoms with E-state index in [0.29, 0.717) is 18.2 Å². The van der Waals surface area contributed by atoms with Crippen molar-refractivity contribution in [3.8, 4) is 0 Å². The number of rotatable bonds is 5. The number of furan rings is 1. The quantitative estimate of drug-likeness (QED) is 0.724. The van der Waals surface area contributed by atoms with Crippen molar-refractivity contribution in [2.75, 3.05) is 13.1 Å². The molecule has 3 aromatic rings. The lowest BCUT2D eigenvalue weighted by Gasteiger charge is -2.12. The molecule has 0 spiro atoms. The summed E-state index contributed by atoms with van der Waals surface area (Å²) in [6.45, 7) is 2.81. The van der Waals surface area contributed by atoms with Gasteiger partial charge < -0.3 is 8.83 Å². The first-order chi connectivity index (χ1) is 11.4. The topological polar surface area (TPSA) is 55.3 Å². The molecule has 1 fully saturated rings. The van der Waals surface area contributed by atoms with Crippen LogP contribution in [-0.2, 0) is 13.0 Å². The average molecular weight is 309 g/mol. The first-order valence-corrected chi connectivity index (χ1v) is 7.98.